The van der Waals surface area contributed by atoms with Crippen molar-refractivity contribution >= 4 is 23.2 Å². The molecule has 3 rings (SSSR count). The van der Waals surface area contributed by atoms with Crippen LogP contribution in [0.1, 0.15) is 11.4 Å². The first-order chi connectivity index (χ1) is 9.65. The van der Waals surface area contributed by atoms with Crippen LogP contribution in [-0.4, -0.2) is 24.3 Å². The van der Waals surface area contributed by atoms with Gasteiger partial charge in [-0.05, 0) is 31.7 Å². The van der Waals surface area contributed by atoms with Gasteiger partial charge in [0.25, 0.3) is 0 Å². The van der Waals surface area contributed by atoms with Crippen molar-refractivity contribution in [2.75, 3.05) is 5.43 Å². The van der Waals surface area contributed by atoms with Gasteiger partial charge in [0.2, 0.25) is 0 Å². The molecular formula is C12H13N7S. The summed E-state index contributed by atoms with van der Waals surface area (Å²) in [4.78, 5) is 17.5. The average Bonchev–Trinajstić information content (AvgIpc) is 2.85. The van der Waals surface area contributed by atoms with E-state index >= 15 is 0 Å². The third kappa shape index (κ3) is 2.43. The Labute approximate surface area is 119 Å². The molecule has 0 unspecified atom stereocenters. The van der Waals surface area contributed by atoms with Gasteiger partial charge in [-0.25, -0.2) is 25.8 Å². The monoisotopic (exact) mass is 287 g/mol. The van der Waals surface area contributed by atoms with E-state index in [9.17, 15) is 0 Å². The van der Waals surface area contributed by atoms with E-state index in [0.717, 1.165) is 17.0 Å². The molecule has 0 fully saturated rings. The molecule has 3 aromatic rings. The average molecular weight is 287 g/mol. The number of hydrogen-bond donors (Lipinski definition) is 2. The summed E-state index contributed by atoms with van der Waals surface area (Å²) in [6.07, 6.45) is 5.32. The summed E-state index contributed by atoms with van der Waals surface area (Å²) in [5.74, 6) is 5.99. The Balaban J connectivity index is 2.07. The molecule has 0 aliphatic rings. The second-order valence-corrected chi connectivity index (χ2v) is 5.23. The number of nitrogens with two attached hydrogens (primary N) is 1. The Morgan fingerprint density at radius 2 is 1.95 bits per heavy atom. The van der Waals surface area contributed by atoms with Crippen LogP contribution in [0.5, 0.6) is 0 Å². The predicted octanol–water partition coefficient (Wildman–Crippen LogP) is 1.57. The number of anilines is 1. The fourth-order valence-corrected chi connectivity index (χ4v) is 2.81. The van der Waals surface area contributed by atoms with Crippen LogP contribution >= 0.6 is 11.8 Å². The van der Waals surface area contributed by atoms with Crippen LogP contribution in [0.15, 0.2) is 34.8 Å². The summed E-state index contributed by atoms with van der Waals surface area (Å²) >= 11 is 1.37. The zero-order valence-electron chi connectivity index (χ0n) is 11.0. The number of aryl methyl sites for hydroxylation is 2. The molecule has 102 valence electrons. The van der Waals surface area contributed by atoms with Gasteiger partial charge < -0.3 is 9.83 Å². The number of hydrogen-bond acceptors (Lipinski definition) is 7. The Hall–Kier alpha value is -2.19. The van der Waals surface area contributed by atoms with Crippen LogP contribution in [0.3, 0.4) is 0 Å². The lowest BCUT2D eigenvalue weighted by Crippen LogP contribution is -2.10. The van der Waals surface area contributed by atoms with E-state index in [2.05, 4.69) is 25.4 Å². The number of nitrogens with one attached hydrogen (secondary N) is 1. The van der Waals surface area contributed by atoms with Crippen molar-refractivity contribution in [1.82, 2.24) is 24.3 Å². The second-order valence-electron chi connectivity index (χ2n) is 4.27. The van der Waals surface area contributed by atoms with Crippen LogP contribution in [0, 0.1) is 13.8 Å². The molecule has 20 heavy (non-hydrogen) atoms. The van der Waals surface area contributed by atoms with Gasteiger partial charge in [0, 0.05) is 23.8 Å². The molecule has 0 atom stereocenters. The number of nitrogen functional groups attached to an aromatic ring is 1. The number of hydrazine groups is 1. The molecule has 3 aromatic heterocycles. The smallest absolute Gasteiger partial charge is 0.194 e. The minimum absolute atomic E-state index is 0.558. The standard InChI is InChI=1S/C12H13N7S/c1-7-5-8(2)16-12(15-7)20-11-10-14-3-4-19(10)6-9(17-11)18-13/h3-6,18H,13H2,1-2H3. The van der Waals surface area contributed by atoms with Crippen LogP contribution < -0.4 is 11.3 Å². The summed E-state index contributed by atoms with van der Waals surface area (Å²) < 4.78 is 1.85. The molecule has 0 spiro atoms. The topological polar surface area (TPSA) is 94.0 Å². The second kappa shape index (κ2) is 5.06. The van der Waals surface area contributed by atoms with Gasteiger partial charge in [0.1, 0.15) is 5.03 Å². The number of imidazole rings is 1. The van der Waals surface area contributed by atoms with E-state index in [4.69, 9.17) is 5.84 Å². The maximum Gasteiger partial charge on any atom is 0.194 e. The fraction of sp³-hybridized carbons (Fsp3) is 0.167. The van der Waals surface area contributed by atoms with Gasteiger partial charge in [-0.15, -0.1) is 0 Å². The third-order valence-corrected chi connectivity index (χ3v) is 3.47. The summed E-state index contributed by atoms with van der Waals surface area (Å²) in [6.45, 7) is 3.88. The molecule has 7 nitrogen and oxygen atoms in total. The molecular weight excluding hydrogens is 274 g/mol. The quantitative estimate of drug-likeness (QED) is 0.429. The van der Waals surface area contributed by atoms with Gasteiger partial charge in [0.15, 0.2) is 16.6 Å². The first kappa shape index (κ1) is 12.8. The molecule has 0 saturated heterocycles. The van der Waals surface area contributed by atoms with Gasteiger partial charge in [0.05, 0.1) is 6.20 Å². The number of rotatable bonds is 3. The van der Waals surface area contributed by atoms with Gasteiger partial charge in [-0.2, -0.15) is 0 Å². The van der Waals surface area contributed by atoms with Gasteiger partial charge in [-0.1, -0.05) is 0 Å². The largest absolute Gasteiger partial charge is 0.307 e. The summed E-state index contributed by atoms with van der Waals surface area (Å²) in [5.41, 5.74) is 5.14. The molecule has 0 saturated carbocycles. The van der Waals surface area contributed by atoms with Gasteiger partial charge in [-0.3, -0.25) is 0 Å². The lowest BCUT2D eigenvalue weighted by Gasteiger charge is -2.06. The molecule has 0 radical (unpaired) electrons. The zero-order valence-corrected chi connectivity index (χ0v) is 11.8. The molecule has 8 heteroatoms. The van der Waals surface area contributed by atoms with Crippen molar-refractivity contribution < 1.29 is 0 Å². The predicted molar refractivity (Wildman–Crippen MR) is 76.4 cm³/mol. The molecule has 0 aromatic carbocycles. The van der Waals surface area contributed by atoms with E-state index < -0.39 is 0 Å². The maximum absolute atomic E-state index is 5.43. The Morgan fingerprint density at radius 3 is 2.65 bits per heavy atom. The summed E-state index contributed by atoms with van der Waals surface area (Å²) in [6, 6.07) is 1.93. The first-order valence-corrected chi connectivity index (χ1v) is 6.78. The minimum Gasteiger partial charge on any atom is -0.307 e. The minimum atomic E-state index is 0.558. The molecule has 3 N–H and O–H groups in total. The van der Waals surface area contributed by atoms with E-state index in [1.54, 1.807) is 12.4 Å². The lowest BCUT2D eigenvalue weighted by atomic mass is 10.4. The zero-order chi connectivity index (χ0) is 14.1. The van der Waals surface area contributed by atoms with E-state index in [0.29, 0.717) is 16.0 Å². The Kier molecular flexibility index (Phi) is 3.25. The number of fused-ring (bicyclic) bond motifs is 1. The highest BCUT2D eigenvalue weighted by Gasteiger charge is 2.11. The van der Waals surface area contributed by atoms with Crippen molar-refractivity contribution in [3.05, 3.63) is 36.0 Å². The first-order valence-electron chi connectivity index (χ1n) is 5.96. The summed E-state index contributed by atoms with van der Waals surface area (Å²) in [5, 5.41) is 1.35. The highest BCUT2D eigenvalue weighted by atomic mass is 32.2. The molecule has 0 bridgehead atoms. The van der Waals surface area contributed by atoms with E-state index in [1.165, 1.54) is 11.8 Å². The van der Waals surface area contributed by atoms with Crippen LogP contribution in [0.25, 0.3) is 5.65 Å². The van der Waals surface area contributed by atoms with Crippen molar-refractivity contribution in [1.29, 1.82) is 0 Å². The number of nitrogens with zero attached hydrogens (tertiary/aromatic N) is 5. The highest BCUT2D eigenvalue weighted by molar-refractivity contribution is 7.99. The lowest BCUT2D eigenvalue weighted by molar-refractivity contribution is 0.897. The molecule has 3 heterocycles. The molecule has 0 aliphatic carbocycles. The Bertz CT molecular complexity index is 747. The SMILES string of the molecule is Cc1cc(C)nc(Sc2nc(NN)cn3ccnc23)n1. The molecule has 0 amide bonds. The third-order valence-electron chi connectivity index (χ3n) is 2.64. The van der Waals surface area contributed by atoms with Crippen LogP contribution in [0.2, 0.25) is 0 Å². The highest BCUT2D eigenvalue weighted by Crippen LogP contribution is 2.27. The van der Waals surface area contributed by atoms with Crippen LogP contribution in [0.4, 0.5) is 5.82 Å². The number of aromatic nitrogens is 5. The van der Waals surface area contributed by atoms with Crippen molar-refractivity contribution in [3.63, 3.8) is 0 Å². The van der Waals surface area contributed by atoms with Crippen molar-refractivity contribution in [2.45, 2.75) is 24.0 Å². The van der Waals surface area contributed by atoms with E-state index in [1.807, 2.05) is 30.5 Å². The van der Waals surface area contributed by atoms with Crippen molar-refractivity contribution in [3.8, 4) is 0 Å². The van der Waals surface area contributed by atoms with E-state index in [-0.39, 0.29) is 0 Å². The van der Waals surface area contributed by atoms with Gasteiger partial charge >= 0.3 is 0 Å². The van der Waals surface area contributed by atoms with Crippen molar-refractivity contribution in [2.24, 2.45) is 5.84 Å². The van der Waals surface area contributed by atoms with Crippen LogP contribution in [-0.2, 0) is 0 Å². The summed E-state index contributed by atoms with van der Waals surface area (Å²) in [7, 11) is 0. The molecule has 0 aliphatic heterocycles. The normalized spacial score (nSPS) is 10.9. The Morgan fingerprint density at radius 1 is 1.20 bits per heavy atom. The fourth-order valence-electron chi connectivity index (χ4n) is 1.87. The maximum atomic E-state index is 5.43.